The van der Waals surface area contributed by atoms with Crippen LogP contribution in [0.15, 0.2) is 84.0 Å². The van der Waals surface area contributed by atoms with E-state index in [1.807, 2.05) is 36.4 Å². The summed E-state index contributed by atoms with van der Waals surface area (Å²) in [5, 5.41) is 21.8. The van der Waals surface area contributed by atoms with Crippen molar-refractivity contribution in [3.63, 3.8) is 0 Å². The Balaban J connectivity index is 1.38. The number of hydrogen-bond donors (Lipinski definition) is 2. The molecule has 0 saturated carbocycles. The fraction of sp³-hybridized carbons (Fsp3) is 0.0769. The zero-order valence-electron chi connectivity index (χ0n) is 18.4. The average molecular weight is 464 g/mol. The molecule has 7 nitrogen and oxygen atoms in total. The first kappa shape index (κ1) is 20.3. The van der Waals surface area contributed by atoms with Gasteiger partial charge >= 0.3 is 0 Å². The minimum Gasteiger partial charge on any atom is -0.341 e. The Bertz CT molecular complexity index is 1720. The van der Waals surface area contributed by atoms with Gasteiger partial charge in [-0.3, -0.25) is 5.10 Å². The minimum atomic E-state index is 0.408. The Hall–Kier alpha value is -4.30. The molecule has 3 aromatic carbocycles. The highest BCUT2D eigenvalue weighted by molar-refractivity contribution is 7.71. The fourth-order valence-corrected chi connectivity index (χ4v) is 4.56. The molecule has 0 saturated heterocycles. The second kappa shape index (κ2) is 8.24. The number of H-pyrrole nitrogens is 2. The van der Waals surface area contributed by atoms with E-state index in [4.69, 9.17) is 12.2 Å². The topological polar surface area (TPSA) is 79.6 Å². The van der Waals surface area contributed by atoms with E-state index in [9.17, 15) is 0 Å². The maximum Gasteiger partial charge on any atom is 0.216 e. The SMILES string of the molecule is CCn1c2ccccc2c2cc(/C=N/n3c(-c4cc(-c5ccccc5)n[nH]4)n[nH]c3=S)ccc21. The predicted molar refractivity (Wildman–Crippen MR) is 139 cm³/mol. The van der Waals surface area contributed by atoms with Gasteiger partial charge in [0.2, 0.25) is 10.6 Å². The first-order valence-electron chi connectivity index (χ1n) is 11.1. The Morgan fingerprint density at radius 2 is 1.68 bits per heavy atom. The summed E-state index contributed by atoms with van der Waals surface area (Å²) >= 11 is 5.44. The van der Waals surface area contributed by atoms with Crippen LogP contribution in [0.3, 0.4) is 0 Å². The van der Waals surface area contributed by atoms with Gasteiger partial charge in [0.05, 0.1) is 11.9 Å². The molecule has 3 aromatic heterocycles. The van der Waals surface area contributed by atoms with Gasteiger partial charge in [-0.2, -0.15) is 20.0 Å². The van der Waals surface area contributed by atoms with E-state index in [0.29, 0.717) is 10.6 Å². The van der Waals surface area contributed by atoms with Crippen LogP contribution in [0.4, 0.5) is 0 Å². The van der Waals surface area contributed by atoms with Crippen molar-refractivity contribution in [2.45, 2.75) is 13.5 Å². The lowest BCUT2D eigenvalue weighted by Gasteiger charge is -2.02. The molecule has 6 rings (SSSR count). The van der Waals surface area contributed by atoms with Crippen molar-refractivity contribution < 1.29 is 0 Å². The van der Waals surface area contributed by atoms with Crippen LogP contribution < -0.4 is 0 Å². The molecule has 0 fully saturated rings. The number of nitrogens with zero attached hydrogens (tertiary/aromatic N) is 5. The molecule has 0 atom stereocenters. The van der Waals surface area contributed by atoms with Gasteiger partial charge in [0.25, 0.3) is 0 Å². The summed E-state index contributed by atoms with van der Waals surface area (Å²) in [4.78, 5) is 0. The molecule has 0 bridgehead atoms. The molecule has 6 aromatic rings. The molecule has 0 spiro atoms. The molecule has 0 unspecified atom stereocenters. The second-order valence-corrected chi connectivity index (χ2v) is 8.37. The number of rotatable bonds is 5. The number of aromatic amines is 2. The van der Waals surface area contributed by atoms with Crippen LogP contribution >= 0.6 is 12.2 Å². The van der Waals surface area contributed by atoms with Gasteiger partial charge in [0, 0.05) is 33.9 Å². The van der Waals surface area contributed by atoms with Crippen LogP contribution in [0.25, 0.3) is 44.6 Å². The molecular weight excluding hydrogens is 442 g/mol. The molecule has 166 valence electrons. The van der Waals surface area contributed by atoms with Crippen molar-refractivity contribution in [3.8, 4) is 22.8 Å². The summed E-state index contributed by atoms with van der Waals surface area (Å²) in [6, 6.07) is 26.8. The van der Waals surface area contributed by atoms with Crippen molar-refractivity contribution >= 4 is 40.2 Å². The molecule has 34 heavy (non-hydrogen) atoms. The van der Waals surface area contributed by atoms with Gasteiger partial charge in [-0.05, 0) is 49.0 Å². The molecule has 0 amide bonds. The average Bonchev–Trinajstić information content (AvgIpc) is 3.59. The van der Waals surface area contributed by atoms with Gasteiger partial charge in [-0.25, -0.2) is 5.10 Å². The fourth-order valence-electron chi connectivity index (χ4n) is 4.38. The molecule has 0 aliphatic heterocycles. The number of aromatic nitrogens is 6. The van der Waals surface area contributed by atoms with Crippen LogP contribution in [0.2, 0.25) is 0 Å². The van der Waals surface area contributed by atoms with Gasteiger partial charge in [-0.1, -0.05) is 54.6 Å². The summed E-state index contributed by atoms with van der Waals surface area (Å²) in [6.45, 7) is 3.09. The smallest absolute Gasteiger partial charge is 0.216 e. The van der Waals surface area contributed by atoms with E-state index in [2.05, 4.69) is 79.5 Å². The highest BCUT2D eigenvalue weighted by Gasteiger charge is 2.13. The van der Waals surface area contributed by atoms with Crippen molar-refractivity contribution in [1.29, 1.82) is 0 Å². The number of benzene rings is 3. The molecule has 2 N–H and O–H groups in total. The normalized spacial score (nSPS) is 11.8. The van der Waals surface area contributed by atoms with Crippen molar-refractivity contribution in [2.75, 3.05) is 0 Å². The van der Waals surface area contributed by atoms with Crippen LogP contribution in [0.5, 0.6) is 0 Å². The number of nitrogens with one attached hydrogen (secondary N) is 2. The summed E-state index contributed by atoms with van der Waals surface area (Å²) in [5.41, 5.74) is 6.01. The Labute approximate surface area is 200 Å². The van der Waals surface area contributed by atoms with E-state index in [1.165, 1.54) is 21.8 Å². The van der Waals surface area contributed by atoms with E-state index >= 15 is 0 Å². The van der Waals surface area contributed by atoms with Gasteiger partial charge in [0.1, 0.15) is 5.69 Å². The van der Waals surface area contributed by atoms with Crippen LogP contribution in [0.1, 0.15) is 12.5 Å². The first-order valence-corrected chi connectivity index (χ1v) is 11.5. The van der Waals surface area contributed by atoms with Crippen molar-refractivity contribution in [1.82, 2.24) is 29.6 Å². The number of aryl methyl sites for hydroxylation is 1. The Kier molecular flexibility index (Phi) is 4.92. The van der Waals surface area contributed by atoms with Crippen LogP contribution in [-0.2, 0) is 6.54 Å². The van der Waals surface area contributed by atoms with Gasteiger partial charge in [-0.15, -0.1) is 0 Å². The lowest BCUT2D eigenvalue weighted by molar-refractivity contribution is 0.827. The van der Waals surface area contributed by atoms with E-state index in [1.54, 1.807) is 10.9 Å². The standard InChI is InChI=1S/C26H21N7S/c1-2-32-23-11-7-6-10-19(23)20-14-17(12-13-24(20)32)16-27-33-25(30-31-26(33)34)22-15-21(28-29-22)18-8-4-3-5-9-18/h3-16H,2H2,1H3,(H,28,29)(H,31,34)/b27-16+. The van der Waals surface area contributed by atoms with Crippen LogP contribution in [0, 0.1) is 4.77 Å². The van der Waals surface area contributed by atoms with E-state index in [-0.39, 0.29) is 0 Å². The maximum atomic E-state index is 5.44. The van der Waals surface area contributed by atoms with Crippen molar-refractivity contribution in [3.05, 3.63) is 89.2 Å². The largest absolute Gasteiger partial charge is 0.341 e. The quantitative estimate of drug-likeness (QED) is 0.243. The zero-order chi connectivity index (χ0) is 23.1. The number of hydrogen-bond acceptors (Lipinski definition) is 4. The molecule has 3 heterocycles. The lowest BCUT2D eigenvalue weighted by Crippen LogP contribution is -1.96. The third-order valence-electron chi connectivity index (χ3n) is 5.97. The molecule has 8 heteroatoms. The summed E-state index contributed by atoms with van der Waals surface area (Å²) in [6.07, 6.45) is 1.81. The lowest BCUT2D eigenvalue weighted by atomic mass is 10.1. The van der Waals surface area contributed by atoms with Crippen molar-refractivity contribution in [2.24, 2.45) is 5.10 Å². The summed E-state index contributed by atoms with van der Waals surface area (Å²) in [5.74, 6) is 0.569. The molecule has 0 radical (unpaired) electrons. The predicted octanol–water partition coefficient (Wildman–Crippen LogP) is 6.01. The van der Waals surface area contributed by atoms with E-state index < -0.39 is 0 Å². The molecular formula is C26H21N7S. The highest BCUT2D eigenvalue weighted by atomic mass is 32.1. The third kappa shape index (κ3) is 3.36. The first-order chi connectivity index (χ1) is 16.7. The highest BCUT2D eigenvalue weighted by Crippen LogP contribution is 2.29. The van der Waals surface area contributed by atoms with Crippen LogP contribution in [-0.4, -0.2) is 35.9 Å². The summed E-state index contributed by atoms with van der Waals surface area (Å²) < 4.78 is 4.35. The zero-order valence-corrected chi connectivity index (χ0v) is 19.3. The van der Waals surface area contributed by atoms with E-state index in [0.717, 1.165) is 29.1 Å². The molecule has 0 aliphatic carbocycles. The molecule has 0 aliphatic rings. The third-order valence-corrected chi connectivity index (χ3v) is 6.24. The second-order valence-electron chi connectivity index (χ2n) is 7.98. The minimum absolute atomic E-state index is 0.408. The number of para-hydroxylation sites is 1. The van der Waals surface area contributed by atoms with Gasteiger partial charge in [0.15, 0.2) is 0 Å². The Morgan fingerprint density at radius 1 is 0.882 bits per heavy atom. The maximum absolute atomic E-state index is 5.44. The van der Waals surface area contributed by atoms with Gasteiger partial charge < -0.3 is 4.57 Å². The number of fused-ring (bicyclic) bond motifs is 3. The Morgan fingerprint density at radius 3 is 2.53 bits per heavy atom. The monoisotopic (exact) mass is 463 g/mol. The summed E-state index contributed by atoms with van der Waals surface area (Å²) in [7, 11) is 0.